The molecule has 0 aromatic heterocycles. The van der Waals surface area contributed by atoms with E-state index in [1.165, 1.54) is 212 Å². The largest absolute Gasteiger partial charge is 0.394 e. The quantitative estimate of drug-likeness (QED) is 0.0424. The highest BCUT2D eigenvalue weighted by Crippen LogP contribution is 2.17. The molecule has 57 heavy (non-hydrogen) atoms. The maximum absolute atomic E-state index is 12.4. The van der Waals surface area contributed by atoms with Gasteiger partial charge in [-0.1, -0.05) is 256 Å². The van der Waals surface area contributed by atoms with Gasteiger partial charge < -0.3 is 15.5 Å². The molecule has 0 aliphatic heterocycles. The van der Waals surface area contributed by atoms with Gasteiger partial charge in [0.1, 0.15) is 0 Å². The first kappa shape index (κ1) is 55.6. The van der Waals surface area contributed by atoms with Crippen LogP contribution in [-0.4, -0.2) is 34.9 Å². The molecule has 2 unspecified atom stereocenters. The highest BCUT2D eigenvalue weighted by Gasteiger charge is 2.20. The van der Waals surface area contributed by atoms with E-state index < -0.39 is 12.1 Å². The summed E-state index contributed by atoms with van der Waals surface area (Å²) in [5, 5.41) is 23.0. The number of allylic oxidation sites excluding steroid dienone is 6. The molecule has 3 N–H and O–H groups in total. The minimum absolute atomic E-state index is 0.0310. The number of nitrogens with one attached hydrogen (secondary N) is 1. The fourth-order valence-corrected chi connectivity index (χ4v) is 7.96. The van der Waals surface area contributed by atoms with E-state index in [9.17, 15) is 15.0 Å². The number of carbonyl (C=O) groups is 1. The van der Waals surface area contributed by atoms with E-state index >= 15 is 0 Å². The predicted molar refractivity (Wildman–Crippen MR) is 253 cm³/mol. The molecule has 2 atom stereocenters. The van der Waals surface area contributed by atoms with Crippen LogP contribution < -0.4 is 5.32 Å². The van der Waals surface area contributed by atoms with Crippen molar-refractivity contribution in [3.05, 3.63) is 36.5 Å². The van der Waals surface area contributed by atoms with Gasteiger partial charge in [-0.2, -0.15) is 0 Å². The number of aliphatic hydroxyl groups is 2. The molecular weight excluding hydrogens is 699 g/mol. The van der Waals surface area contributed by atoms with Crippen LogP contribution in [0.25, 0.3) is 0 Å². The van der Waals surface area contributed by atoms with E-state index in [0.717, 1.165) is 38.5 Å². The Hall–Kier alpha value is -1.39. The van der Waals surface area contributed by atoms with Gasteiger partial charge in [0.15, 0.2) is 0 Å². The summed E-state index contributed by atoms with van der Waals surface area (Å²) in [5.41, 5.74) is 0. The third kappa shape index (κ3) is 45.5. The lowest BCUT2D eigenvalue weighted by Gasteiger charge is -2.22. The van der Waals surface area contributed by atoms with Crippen LogP contribution in [0.1, 0.15) is 277 Å². The summed E-state index contributed by atoms with van der Waals surface area (Å²) in [6.45, 7) is 4.33. The minimum atomic E-state index is -0.654. The topological polar surface area (TPSA) is 69.6 Å². The Kier molecular flexibility index (Phi) is 47.8. The van der Waals surface area contributed by atoms with Crippen molar-refractivity contribution in [1.29, 1.82) is 0 Å². The van der Waals surface area contributed by atoms with E-state index in [1.807, 2.05) is 0 Å². The molecule has 0 rings (SSSR count). The molecule has 0 aliphatic carbocycles. The Labute approximate surface area is 357 Å². The van der Waals surface area contributed by atoms with Crippen molar-refractivity contribution >= 4 is 5.91 Å². The number of amides is 1. The zero-order valence-corrected chi connectivity index (χ0v) is 38.6. The van der Waals surface area contributed by atoms with Crippen LogP contribution in [0.5, 0.6) is 0 Å². The molecule has 0 fully saturated rings. The maximum atomic E-state index is 12.4. The molecule has 4 nitrogen and oxygen atoms in total. The van der Waals surface area contributed by atoms with Crippen molar-refractivity contribution in [3.63, 3.8) is 0 Å². The lowest BCUT2D eigenvalue weighted by atomic mass is 10.0. The molecule has 0 aliphatic rings. The highest BCUT2D eigenvalue weighted by atomic mass is 16.3. The molecular formula is C53H101NO3. The molecule has 1 amide bonds. The number of hydrogen-bond donors (Lipinski definition) is 3. The van der Waals surface area contributed by atoms with Gasteiger partial charge in [0.25, 0.3) is 0 Å². The zero-order chi connectivity index (χ0) is 41.4. The van der Waals surface area contributed by atoms with E-state index in [0.29, 0.717) is 12.8 Å². The average molecular weight is 800 g/mol. The van der Waals surface area contributed by atoms with Gasteiger partial charge in [0.2, 0.25) is 5.91 Å². The van der Waals surface area contributed by atoms with Gasteiger partial charge in [0, 0.05) is 6.42 Å². The SMILES string of the molecule is CCCCCCC/C=C\C/C=C\C/C=C\CCCCCCCCCCCCCCCCCCCCCCCCC(=O)NC(CO)C(O)CCCCCCCCCC. The van der Waals surface area contributed by atoms with Gasteiger partial charge in [-0.3, -0.25) is 4.79 Å². The van der Waals surface area contributed by atoms with Crippen molar-refractivity contribution in [2.75, 3.05) is 6.61 Å². The summed E-state index contributed by atoms with van der Waals surface area (Å²) in [5.74, 6) is -0.0310. The van der Waals surface area contributed by atoms with Gasteiger partial charge in [-0.15, -0.1) is 0 Å². The van der Waals surface area contributed by atoms with Gasteiger partial charge >= 0.3 is 0 Å². The van der Waals surface area contributed by atoms with Crippen molar-refractivity contribution in [1.82, 2.24) is 5.32 Å². The van der Waals surface area contributed by atoms with E-state index in [4.69, 9.17) is 0 Å². The van der Waals surface area contributed by atoms with E-state index in [2.05, 4.69) is 55.6 Å². The Morgan fingerprint density at radius 3 is 1.07 bits per heavy atom. The molecule has 0 aromatic rings. The first-order chi connectivity index (χ1) is 28.2. The summed E-state index contributed by atoms with van der Waals surface area (Å²) >= 11 is 0. The lowest BCUT2D eigenvalue weighted by Crippen LogP contribution is -2.45. The Balaban J connectivity index is 3.35. The first-order valence-corrected chi connectivity index (χ1v) is 25.7. The van der Waals surface area contributed by atoms with Gasteiger partial charge in [-0.25, -0.2) is 0 Å². The minimum Gasteiger partial charge on any atom is -0.394 e. The first-order valence-electron chi connectivity index (χ1n) is 25.7. The maximum Gasteiger partial charge on any atom is 0.220 e. The van der Waals surface area contributed by atoms with E-state index in [-0.39, 0.29) is 12.5 Å². The Morgan fingerprint density at radius 1 is 0.421 bits per heavy atom. The molecule has 0 saturated heterocycles. The molecule has 0 spiro atoms. The summed E-state index contributed by atoms with van der Waals surface area (Å²) in [7, 11) is 0. The summed E-state index contributed by atoms with van der Waals surface area (Å²) < 4.78 is 0. The molecule has 0 bridgehead atoms. The molecule has 0 saturated carbocycles. The molecule has 0 aromatic carbocycles. The summed E-state index contributed by atoms with van der Waals surface area (Å²) in [4.78, 5) is 12.4. The standard InChI is InChI=1S/C53H101NO3/c1-3-5-7-9-11-13-14-15-16-17-18-19-20-21-22-23-24-25-26-27-28-29-30-31-32-33-34-35-36-37-38-39-40-41-43-45-47-49-53(57)54-51(50-55)52(56)48-46-44-42-12-10-8-6-4-2/h14-15,17-18,20-21,51-52,55-56H,3-13,16,19,22-50H2,1-2H3,(H,54,57)/b15-14-,18-17-,21-20-. The second-order valence-corrected chi connectivity index (χ2v) is 17.6. The third-order valence-corrected chi connectivity index (χ3v) is 11.9. The number of carbonyl (C=O) groups excluding carboxylic acids is 1. The van der Waals surface area contributed by atoms with Crippen LogP contribution in [0.15, 0.2) is 36.5 Å². The predicted octanol–water partition coefficient (Wildman–Crippen LogP) is 16.5. The second kappa shape index (κ2) is 49.0. The number of unbranched alkanes of at least 4 members (excludes halogenated alkanes) is 34. The Bertz CT molecular complexity index is 866. The molecule has 4 heteroatoms. The van der Waals surface area contributed by atoms with Crippen LogP contribution in [0.3, 0.4) is 0 Å². The van der Waals surface area contributed by atoms with Crippen LogP contribution in [0.2, 0.25) is 0 Å². The fraction of sp³-hybridized carbons (Fsp3) is 0.868. The smallest absolute Gasteiger partial charge is 0.220 e. The second-order valence-electron chi connectivity index (χ2n) is 17.6. The van der Waals surface area contributed by atoms with Crippen LogP contribution in [0.4, 0.5) is 0 Å². The number of rotatable bonds is 47. The molecule has 0 radical (unpaired) electrons. The average Bonchev–Trinajstić information content (AvgIpc) is 3.22. The van der Waals surface area contributed by atoms with Gasteiger partial charge in [-0.05, 0) is 51.4 Å². The Morgan fingerprint density at radius 2 is 0.719 bits per heavy atom. The van der Waals surface area contributed by atoms with Gasteiger partial charge in [0.05, 0.1) is 18.8 Å². The fourth-order valence-electron chi connectivity index (χ4n) is 7.96. The summed E-state index contributed by atoms with van der Waals surface area (Å²) in [6.07, 6.45) is 65.7. The molecule has 0 heterocycles. The van der Waals surface area contributed by atoms with Crippen molar-refractivity contribution in [2.45, 2.75) is 289 Å². The normalized spacial score (nSPS) is 13.1. The van der Waals surface area contributed by atoms with Crippen LogP contribution in [0, 0.1) is 0 Å². The monoisotopic (exact) mass is 800 g/mol. The number of aliphatic hydroxyl groups excluding tert-OH is 2. The summed E-state index contributed by atoms with van der Waals surface area (Å²) in [6, 6.07) is -0.531. The van der Waals surface area contributed by atoms with Crippen molar-refractivity contribution in [3.8, 4) is 0 Å². The third-order valence-electron chi connectivity index (χ3n) is 11.9. The lowest BCUT2D eigenvalue weighted by molar-refractivity contribution is -0.123. The zero-order valence-electron chi connectivity index (χ0n) is 38.6. The van der Waals surface area contributed by atoms with Crippen LogP contribution in [-0.2, 0) is 4.79 Å². The van der Waals surface area contributed by atoms with Crippen LogP contribution >= 0.6 is 0 Å². The van der Waals surface area contributed by atoms with E-state index in [1.54, 1.807) is 0 Å². The highest BCUT2D eigenvalue weighted by molar-refractivity contribution is 5.76. The van der Waals surface area contributed by atoms with Crippen molar-refractivity contribution < 1.29 is 15.0 Å². The molecule has 336 valence electrons. The van der Waals surface area contributed by atoms with Crippen molar-refractivity contribution in [2.24, 2.45) is 0 Å². The number of hydrogen-bond acceptors (Lipinski definition) is 3.